The van der Waals surface area contributed by atoms with Crippen LogP contribution in [0.3, 0.4) is 0 Å². The molecule has 122 valence electrons. The average molecular weight is 332 g/mol. The summed E-state index contributed by atoms with van der Waals surface area (Å²) in [5.41, 5.74) is 0.196. The lowest BCUT2D eigenvalue weighted by molar-refractivity contribution is -0.0887. The van der Waals surface area contributed by atoms with Crippen LogP contribution in [0, 0.1) is 5.41 Å². The number of thiazole rings is 1. The molecule has 0 saturated heterocycles. The fraction of sp³-hybridized carbons (Fsp3) is 0.412. The van der Waals surface area contributed by atoms with Crippen molar-refractivity contribution in [1.29, 1.82) is 0 Å². The lowest BCUT2D eigenvalue weighted by Gasteiger charge is -2.54. The van der Waals surface area contributed by atoms with Gasteiger partial charge in [0.2, 0.25) is 0 Å². The lowest BCUT2D eigenvalue weighted by atomic mass is 9.63. The molecule has 1 heterocycles. The Morgan fingerprint density at radius 3 is 2.61 bits per heavy atom. The first-order valence-electron chi connectivity index (χ1n) is 7.56. The summed E-state index contributed by atoms with van der Waals surface area (Å²) in [7, 11) is 1.78. The smallest absolute Gasteiger partial charge is 0.305 e. The third-order valence-corrected chi connectivity index (χ3v) is 5.36. The van der Waals surface area contributed by atoms with Crippen LogP contribution in [0.5, 0.6) is 5.75 Å². The minimum Gasteiger partial charge on any atom is -0.490 e. The summed E-state index contributed by atoms with van der Waals surface area (Å²) in [6.07, 6.45) is 0.838. The molecule has 1 aromatic heterocycles. The van der Waals surface area contributed by atoms with Crippen LogP contribution < -0.4 is 9.61 Å². The highest BCUT2D eigenvalue weighted by atomic mass is 32.1. The van der Waals surface area contributed by atoms with E-state index in [4.69, 9.17) is 4.74 Å². The zero-order valence-electron chi connectivity index (χ0n) is 13.4. The number of nitrogens with one attached hydrogen (secondary N) is 1. The Kier molecular flexibility index (Phi) is 4.02. The Morgan fingerprint density at radius 2 is 2.04 bits per heavy atom. The maximum absolute atomic E-state index is 12.5. The molecule has 0 aliphatic heterocycles. The van der Waals surface area contributed by atoms with Gasteiger partial charge in [-0.2, -0.15) is 0 Å². The van der Waals surface area contributed by atoms with Crippen molar-refractivity contribution in [3.8, 4) is 5.75 Å². The molecule has 1 aliphatic rings. The van der Waals surface area contributed by atoms with E-state index in [2.05, 4.69) is 18.8 Å². The quantitative estimate of drug-likeness (QED) is 0.936. The number of aromatic amines is 1. The van der Waals surface area contributed by atoms with E-state index < -0.39 is 0 Å². The second-order valence-electron chi connectivity index (χ2n) is 6.47. The number of carbonyl (C=O) groups excluding carboxylic acids is 1. The van der Waals surface area contributed by atoms with Crippen LogP contribution in [0.15, 0.2) is 40.5 Å². The molecule has 1 fully saturated rings. The molecule has 1 N–H and O–H groups in total. The van der Waals surface area contributed by atoms with E-state index in [1.165, 1.54) is 0 Å². The molecular weight excluding hydrogens is 312 g/mol. The van der Waals surface area contributed by atoms with Crippen molar-refractivity contribution in [1.82, 2.24) is 9.88 Å². The maximum atomic E-state index is 12.5. The molecule has 5 nitrogen and oxygen atoms in total. The summed E-state index contributed by atoms with van der Waals surface area (Å²) in [5, 5.41) is 1.57. The number of hydrogen-bond donors (Lipinski definition) is 1. The molecular formula is C17H20N2O3S. The van der Waals surface area contributed by atoms with Gasteiger partial charge >= 0.3 is 4.87 Å². The first kappa shape index (κ1) is 15.8. The van der Waals surface area contributed by atoms with E-state index in [-0.39, 0.29) is 28.3 Å². The molecule has 23 heavy (non-hydrogen) atoms. The SMILES string of the molecule is CN(C(=O)c1csc(=O)[nH]1)[C@@H]1C[C@@H](Oc2ccccc2)C1(C)C. The highest BCUT2D eigenvalue weighted by Gasteiger charge is 2.53. The van der Waals surface area contributed by atoms with E-state index in [9.17, 15) is 9.59 Å². The van der Waals surface area contributed by atoms with E-state index in [0.29, 0.717) is 5.69 Å². The van der Waals surface area contributed by atoms with Gasteiger partial charge in [-0.25, -0.2) is 0 Å². The fourth-order valence-corrected chi connectivity index (χ4v) is 3.66. The van der Waals surface area contributed by atoms with Gasteiger partial charge in [0, 0.05) is 30.3 Å². The third-order valence-electron chi connectivity index (χ3n) is 4.69. The number of nitrogens with zero attached hydrogens (tertiary/aromatic N) is 1. The molecule has 1 amide bonds. The van der Waals surface area contributed by atoms with Crippen molar-refractivity contribution in [2.45, 2.75) is 32.4 Å². The van der Waals surface area contributed by atoms with Crippen LogP contribution in [0.1, 0.15) is 30.8 Å². The Bertz CT molecular complexity index is 750. The lowest BCUT2D eigenvalue weighted by Crippen LogP contribution is -2.63. The zero-order chi connectivity index (χ0) is 16.6. The van der Waals surface area contributed by atoms with Crippen LogP contribution in [0.25, 0.3) is 0 Å². The number of ether oxygens (including phenoxy) is 1. The van der Waals surface area contributed by atoms with Crippen LogP contribution in [-0.4, -0.2) is 35.0 Å². The van der Waals surface area contributed by atoms with Gasteiger partial charge in [0.25, 0.3) is 5.91 Å². The van der Waals surface area contributed by atoms with Crippen molar-refractivity contribution in [2.24, 2.45) is 5.41 Å². The normalized spacial score (nSPS) is 22.2. The van der Waals surface area contributed by atoms with Crippen molar-refractivity contribution >= 4 is 17.2 Å². The van der Waals surface area contributed by atoms with E-state index in [1.807, 2.05) is 30.3 Å². The van der Waals surface area contributed by atoms with Gasteiger partial charge in [0.15, 0.2) is 0 Å². The summed E-state index contributed by atoms with van der Waals surface area (Å²) < 4.78 is 6.04. The van der Waals surface area contributed by atoms with Gasteiger partial charge in [-0.1, -0.05) is 43.4 Å². The molecule has 0 bridgehead atoms. The molecule has 6 heteroatoms. The monoisotopic (exact) mass is 332 g/mol. The van der Waals surface area contributed by atoms with Crippen LogP contribution in [-0.2, 0) is 0 Å². The Hall–Kier alpha value is -2.08. The summed E-state index contributed by atoms with van der Waals surface area (Å²) >= 11 is 1.01. The summed E-state index contributed by atoms with van der Waals surface area (Å²) in [6, 6.07) is 9.80. The molecule has 1 aromatic carbocycles. The number of aromatic nitrogens is 1. The van der Waals surface area contributed by atoms with Crippen molar-refractivity contribution in [2.75, 3.05) is 7.05 Å². The Labute approximate surface area is 138 Å². The highest BCUT2D eigenvalue weighted by molar-refractivity contribution is 7.07. The minimum absolute atomic E-state index is 0.0617. The molecule has 3 rings (SSSR count). The van der Waals surface area contributed by atoms with Gasteiger partial charge in [-0.3, -0.25) is 9.59 Å². The van der Waals surface area contributed by atoms with Gasteiger partial charge in [-0.05, 0) is 12.1 Å². The summed E-state index contributed by atoms with van der Waals surface area (Å²) in [5.74, 6) is 0.694. The van der Waals surface area contributed by atoms with E-state index >= 15 is 0 Å². The predicted octanol–water partition coefficient (Wildman–Crippen LogP) is 2.75. The Morgan fingerprint density at radius 1 is 1.35 bits per heavy atom. The summed E-state index contributed by atoms with van der Waals surface area (Å²) in [4.78, 5) is 27.8. The fourth-order valence-electron chi connectivity index (χ4n) is 3.10. The maximum Gasteiger partial charge on any atom is 0.305 e. The van der Waals surface area contributed by atoms with Crippen LogP contribution in [0.4, 0.5) is 0 Å². The van der Waals surface area contributed by atoms with Crippen molar-refractivity contribution in [3.05, 3.63) is 51.1 Å². The number of carbonyl (C=O) groups is 1. The number of amides is 1. The highest BCUT2D eigenvalue weighted by Crippen LogP contribution is 2.45. The summed E-state index contributed by atoms with van der Waals surface area (Å²) in [6.45, 7) is 4.21. The number of rotatable bonds is 4. The van der Waals surface area contributed by atoms with Gasteiger partial charge in [0.05, 0.1) is 0 Å². The molecule has 2 aromatic rings. The van der Waals surface area contributed by atoms with E-state index in [0.717, 1.165) is 23.5 Å². The zero-order valence-corrected chi connectivity index (χ0v) is 14.2. The number of para-hydroxylation sites is 1. The second kappa shape index (κ2) is 5.85. The molecule has 1 aliphatic carbocycles. The minimum atomic E-state index is -0.208. The van der Waals surface area contributed by atoms with E-state index in [1.54, 1.807) is 17.3 Å². The first-order valence-corrected chi connectivity index (χ1v) is 8.44. The largest absolute Gasteiger partial charge is 0.490 e. The van der Waals surface area contributed by atoms with Crippen molar-refractivity contribution in [3.63, 3.8) is 0 Å². The third kappa shape index (κ3) is 2.91. The van der Waals surface area contributed by atoms with Gasteiger partial charge in [0.1, 0.15) is 17.5 Å². The average Bonchev–Trinajstić information content (AvgIpc) is 2.97. The van der Waals surface area contributed by atoms with Gasteiger partial charge < -0.3 is 14.6 Å². The van der Waals surface area contributed by atoms with Crippen molar-refractivity contribution < 1.29 is 9.53 Å². The number of benzene rings is 1. The molecule has 2 atom stereocenters. The second-order valence-corrected chi connectivity index (χ2v) is 7.31. The Balaban J connectivity index is 1.68. The number of H-pyrrole nitrogens is 1. The first-order chi connectivity index (χ1) is 10.9. The molecule has 0 unspecified atom stereocenters. The standard InChI is InChI=1S/C17H20N2O3S/c1-17(2)13(9-14(17)22-11-7-5-4-6-8-11)19(3)15(20)12-10-23-16(21)18-12/h4-8,10,13-14H,9H2,1-3H3,(H,18,21)/t13-,14-/m1/s1. The van der Waals surface area contributed by atoms with Crippen LogP contribution in [0.2, 0.25) is 0 Å². The van der Waals surface area contributed by atoms with Crippen LogP contribution >= 0.6 is 11.3 Å². The molecule has 0 spiro atoms. The predicted molar refractivity (Wildman–Crippen MR) is 90.1 cm³/mol. The van der Waals surface area contributed by atoms with Gasteiger partial charge in [-0.15, -0.1) is 0 Å². The molecule has 0 radical (unpaired) electrons. The number of hydrogen-bond acceptors (Lipinski definition) is 4. The topological polar surface area (TPSA) is 62.4 Å². The molecule has 1 saturated carbocycles.